The molecule has 2 heterocycles. The SMILES string of the molecule is COCOc1nc2onc(C)c2c2ccc(F)cc12. The predicted molar refractivity (Wildman–Crippen MR) is 66.5 cm³/mol. The van der Waals surface area contributed by atoms with Crippen molar-refractivity contribution in [3.63, 3.8) is 0 Å². The first-order chi connectivity index (χ1) is 9.20. The zero-order valence-corrected chi connectivity index (χ0v) is 10.4. The molecule has 0 saturated heterocycles. The Morgan fingerprint density at radius 1 is 1.32 bits per heavy atom. The maximum Gasteiger partial charge on any atom is 0.261 e. The van der Waals surface area contributed by atoms with Crippen LogP contribution in [0.25, 0.3) is 21.9 Å². The molecule has 98 valence electrons. The van der Waals surface area contributed by atoms with Gasteiger partial charge in [-0.15, -0.1) is 0 Å². The van der Waals surface area contributed by atoms with Gasteiger partial charge in [-0.2, -0.15) is 4.98 Å². The molecule has 0 unspecified atom stereocenters. The van der Waals surface area contributed by atoms with Gasteiger partial charge in [-0.1, -0.05) is 11.2 Å². The molecule has 0 aliphatic heterocycles. The lowest BCUT2D eigenvalue weighted by molar-refractivity contribution is 0.0491. The normalized spacial score (nSPS) is 11.3. The number of nitrogens with zero attached hydrogens (tertiary/aromatic N) is 2. The van der Waals surface area contributed by atoms with Crippen molar-refractivity contribution in [2.24, 2.45) is 0 Å². The molecule has 0 spiro atoms. The van der Waals surface area contributed by atoms with E-state index in [9.17, 15) is 4.39 Å². The van der Waals surface area contributed by atoms with Crippen LogP contribution in [0.15, 0.2) is 22.7 Å². The molecule has 3 aromatic rings. The largest absolute Gasteiger partial charge is 0.450 e. The minimum Gasteiger partial charge on any atom is -0.450 e. The molecular formula is C13H11FN2O3. The summed E-state index contributed by atoms with van der Waals surface area (Å²) in [4.78, 5) is 4.20. The highest BCUT2D eigenvalue weighted by Gasteiger charge is 2.15. The summed E-state index contributed by atoms with van der Waals surface area (Å²) in [6.07, 6.45) is 0. The van der Waals surface area contributed by atoms with Crippen LogP contribution in [0.2, 0.25) is 0 Å². The summed E-state index contributed by atoms with van der Waals surface area (Å²) in [5, 5.41) is 5.99. The van der Waals surface area contributed by atoms with Crippen LogP contribution < -0.4 is 4.74 Å². The Labute approximate surface area is 107 Å². The van der Waals surface area contributed by atoms with Gasteiger partial charge in [0, 0.05) is 17.9 Å². The van der Waals surface area contributed by atoms with E-state index in [1.54, 1.807) is 6.07 Å². The third kappa shape index (κ3) is 1.90. The molecule has 1 aromatic carbocycles. The molecule has 6 heteroatoms. The van der Waals surface area contributed by atoms with E-state index in [4.69, 9.17) is 14.0 Å². The Hall–Kier alpha value is -2.21. The van der Waals surface area contributed by atoms with Crippen molar-refractivity contribution in [1.82, 2.24) is 10.1 Å². The third-order valence-electron chi connectivity index (χ3n) is 2.84. The van der Waals surface area contributed by atoms with Crippen molar-refractivity contribution in [2.45, 2.75) is 6.92 Å². The molecule has 2 aromatic heterocycles. The Morgan fingerprint density at radius 2 is 2.16 bits per heavy atom. The quantitative estimate of drug-likeness (QED) is 0.679. The number of aryl methyl sites for hydroxylation is 1. The van der Waals surface area contributed by atoms with Gasteiger partial charge < -0.3 is 14.0 Å². The summed E-state index contributed by atoms with van der Waals surface area (Å²) in [5.41, 5.74) is 1.07. The average molecular weight is 262 g/mol. The molecule has 5 nitrogen and oxygen atoms in total. The number of rotatable bonds is 3. The van der Waals surface area contributed by atoms with Crippen molar-refractivity contribution in [1.29, 1.82) is 0 Å². The maximum absolute atomic E-state index is 13.4. The minimum atomic E-state index is -0.356. The van der Waals surface area contributed by atoms with Crippen molar-refractivity contribution >= 4 is 21.9 Å². The zero-order valence-electron chi connectivity index (χ0n) is 10.4. The van der Waals surface area contributed by atoms with E-state index in [0.717, 1.165) is 10.8 Å². The van der Waals surface area contributed by atoms with Gasteiger partial charge >= 0.3 is 0 Å². The summed E-state index contributed by atoms with van der Waals surface area (Å²) in [6, 6.07) is 4.42. The van der Waals surface area contributed by atoms with Crippen LogP contribution in [0.1, 0.15) is 5.69 Å². The zero-order chi connectivity index (χ0) is 13.4. The van der Waals surface area contributed by atoms with Crippen LogP contribution in [-0.4, -0.2) is 24.0 Å². The molecular weight excluding hydrogens is 251 g/mol. The van der Waals surface area contributed by atoms with E-state index in [0.29, 0.717) is 16.8 Å². The van der Waals surface area contributed by atoms with Crippen LogP contribution >= 0.6 is 0 Å². The number of pyridine rings is 1. The fourth-order valence-electron chi connectivity index (χ4n) is 2.03. The van der Waals surface area contributed by atoms with Gasteiger partial charge in [0.1, 0.15) is 5.82 Å². The highest BCUT2D eigenvalue weighted by molar-refractivity contribution is 6.07. The van der Waals surface area contributed by atoms with Gasteiger partial charge in [0.25, 0.3) is 5.71 Å². The van der Waals surface area contributed by atoms with Crippen LogP contribution in [-0.2, 0) is 4.74 Å². The number of ether oxygens (including phenoxy) is 2. The standard InChI is InChI=1S/C13H11FN2O3/c1-7-11-9-4-3-8(14)5-10(9)12(18-6-17-2)15-13(11)19-16-7/h3-5H,6H2,1-2H3. The molecule has 0 aliphatic carbocycles. The topological polar surface area (TPSA) is 57.4 Å². The van der Waals surface area contributed by atoms with Crippen LogP contribution in [0.5, 0.6) is 5.88 Å². The van der Waals surface area contributed by atoms with Crippen molar-refractivity contribution < 1.29 is 18.4 Å². The van der Waals surface area contributed by atoms with Gasteiger partial charge in [0.05, 0.1) is 11.1 Å². The van der Waals surface area contributed by atoms with E-state index < -0.39 is 0 Å². The highest BCUT2D eigenvalue weighted by atomic mass is 19.1. The summed E-state index contributed by atoms with van der Waals surface area (Å²) in [7, 11) is 1.50. The average Bonchev–Trinajstić information content (AvgIpc) is 2.77. The van der Waals surface area contributed by atoms with Gasteiger partial charge in [0.15, 0.2) is 6.79 Å². The second-order valence-corrected chi connectivity index (χ2v) is 4.11. The van der Waals surface area contributed by atoms with Crippen LogP contribution in [0.4, 0.5) is 4.39 Å². The molecule has 19 heavy (non-hydrogen) atoms. The molecule has 0 amide bonds. The summed E-state index contributed by atoms with van der Waals surface area (Å²) in [5.74, 6) is -0.0926. The van der Waals surface area contributed by atoms with E-state index >= 15 is 0 Å². The number of benzene rings is 1. The Morgan fingerprint density at radius 3 is 2.95 bits per heavy atom. The van der Waals surface area contributed by atoms with Gasteiger partial charge in [0.2, 0.25) is 5.88 Å². The van der Waals surface area contributed by atoms with Gasteiger partial charge in [-0.25, -0.2) is 4.39 Å². The Kier molecular flexibility index (Phi) is 2.79. The summed E-state index contributed by atoms with van der Waals surface area (Å²) >= 11 is 0. The molecule has 0 N–H and O–H groups in total. The number of hydrogen-bond donors (Lipinski definition) is 0. The molecule has 0 fully saturated rings. The number of aromatic nitrogens is 2. The number of hydrogen-bond acceptors (Lipinski definition) is 5. The molecule has 0 bridgehead atoms. The second kappa shape index (κ2) is 4.47. The van der Waals surface area contributed by atoms with E-state index in [1.165, 1.54) is 19.2 Å². The van der Waals surface area contributed by atoms with E-state index in [2.05, 4.69) is 10.1 Å². The van der Waals surface area contributed by atoms with E-state index in [1.807, 2.05) is 6.92 Å². The molecule has 0 saturated carbocycles. The highest BCUT2D eigenvalue weighted by Crippen LogP contribution is 2.32. The van der Waals surface area contributed by atoms with E-state index in [-0.39, 0.29) is 18.5 Å². The summed E-state index contributed by atoms with van der Waals surface area (Å²) < 4.78 is 28.7. The molecule has 0 radical (unpaired) electrons. The fraction of sp³-hybridized carbons (Fsp3) is 0.231. The lowest BCUT2D eigenvalue weighted by atomic mass is 10.1. The maximum atomic E-state index is 13.4. The van der Waals surface area contributed by atoms with Crippen LogP contribution in [0, 0.1) is 12.7 Å². The molecule has 0 atom stereocenters. The van der Waals surface area contributed by atoms with Crippen LogP contribution in [0.3, 0.4) is 0 Å². The number of fused-ring (bicyclic) bond motifs is 3. The smallest absolute Gasteiger partial charge is 0.261 e. The summed E-state index contributed by atoms with van der Waals surface area (Å²) in [6.45, 7) is 1.84. The third-order valence-corrected chi connectivity index (χ3v) is 2.84. The first-order valence-corrected chi connectivity index (χ1v) is 5.67. The van der Waals surface area contributed by atoms with Crippen molar-refractivity contribution in [2.75, 3.05) is 13.9 Å². The first kappa shape index (κ1) is 11.9. The predicted octanol–water partition coefficient (Wildman–Crippen LogP) is 2.81. The lowest BCUT2D eigenvalue weighted by Gasteiger charge is -2.07. The Bertz CT molecular complexity index is 754. The Balaban J connectivity index is 2.35. The van der Waals surface area contributed by atoms with Gasteiger partial charge in [-0.3, -0.25) is 0 Å². The van der Waals surface area contributed by atoms with Gasteiger partial charge in [-0.05, 0) is 19.1 Å². The molecule has 3 rings (SSSR count). The number of halogens is 1. The molecule has 0 aliphatic rings. The van der Waals surface area contributed by atoms with Crippen molar-refractivity contribution in [3.8, 4) is 5.88 Å². The minimum absolute atomic E-state index is 0.0250. The fourth-order valence-corrected chi connectivity index (χ4v) is 2.03. The first-order valence-electron chi connectivity index (χ1n) is 5.67. The van der Waals surface area contributed by atoms with Crippen molar-refractivity contribution in [3.05, 3.63) is 29.7 Å². The second-order valence-electron chi connectivity index (χ2n) is 4.11. The lowest BCUT2D eigenvalue weighted by Crippen LogP contribution is -2.01. The monoisotopic (exact) mass is 262 g/mol. The number of methoxy groups -OCH3 is 1.